The first-order chi connectivity index (χ1) is 10.7. The Balaban J connectivity index is 2.20. The van der Waals surface area contributed by atoms with Gasteiger partial charge in [-0.2, -0.15) is 0 Å². The molecule has 0 heterocycles. The van der Waals surface area contributed by atoms with Crippen molar-refractivity contribution in [2.24, 2.45) is 0 Å². The lowest BCUT2D eigenvalue weighted by Crippen LogP contribution is -2.29. The first-order valence-electron chi connectivity index (χ1n) is 7.51. The van der Waals surface area contributed by atoms with Crippen LogP contribution in [0.3, 0.4) is 0 Å². The number of hydrogen-bond acceptors (Lipinski definition) is 2. The Morgan fingerprint density at radius 1 is 1.13 bits per heavy atom. The van der Waals surface area contributed by atoms with Crippen LogP contribution in [0.5, 0.6) is 5.75 Å². The normalized spacial score (nSPS) is 11.2. The molecule has 0 N–H and O–H groups in total. The van der Waals surface area contributed by atoms with Gasteiger partial charge in [0.2, 0.25) is 0 Å². The maximum Gasteiger partial charge on any atom is 0.269 e. The van der Waals surface area contributed by atoms with Crippen molar-refractivity contribution in [2.75, 3.05) is 11.9 Å². The van der Waals surface area contributed by atoms with Gasteiger partial charge in [0.05, 0.1) is 0 Å². The Labute approximate surface area is 149 Å². The third-order valence-corrected chi connectivity index (χ3v) is 4.30. The predicted octanol–water partition coefficient (Wildman–Crippen LogP) is 5.75. The second kappa shape index (κ2) is 6.90. The fraction of sp³-hybridized carbons (Fsp3) is 0.316. The quantitative estimate of drug-likeness (QED) is 0.642. The predicted molar refractivity (Wildman–Crippen MR) is 103 cm³/mol. The second-order valence-corrected chi connectivity index (χ2v) is 7.41. The Morgan fingerprint density at radius 3 is 2.43 bits per heavy atom. The molecule has 4 heteroatoms. The van der Waals surface area contributed by atoms with E-state index in [1.807, 2.05) is 42.3 Å². The zero-order chi connectivity index (χ0) is 17.2. The molecule has 0 radical (unpaired) electrons. The summed E-state index contributed by atoms with van der Waals surface area (Å²) in [6.07, 6.45) is 0. The fourth-order valence-corrected chi connectivity index (χ4v) is 2.86. The Bertz CT molecular complexity index is 722. The van der Waals surface area contributed by atoms with Crippen LogP contribution in [0.15, 0.2) is 42.5 Å². The van der Waals surface area contributed by atoms with E-state index in [1.165, 1.54) is 5.56 Å². The van der Waals surface area contributed by atoms with Crippen molar-refractivity contribution in [3.05, 3.63) is 58.6 Å². The number of thiocarbonyl (C=S) groups is 1. The molecule has 0 spiro atoms. The van der Waals surface area contributed by atoms with Gasteiger partial charge in [-0.25, -0.2) is 0 Å². The maximum atomic E-state index is 6.29. The molecule has 0 aliphatic heterocycles. The molecule has 0 unspecified atom stereocenters. The van der Waals surface area contributed by atoms with Gasteiger partial charge in [0.25, 0.3) is 5.17 Å². The standard InChI is InChI=1S/C19H22ClNOS/c1-13-7-6-8-14(11-13)21(5)18(23)22-15-9-10-17(20)16(12-15)19(2,3)4/h6-12H,1-5H3. The molecule has 0 saturated heterocycles. The zero-order valence-electron chi connectivity index (χ0n) is 14.2. The highest BCUT2D eigenvalue weighted by atomic mass is 35.5. The number of nitrogens with zero attached hydrogens (tertiary/aromatic N) is 1. The van der Waals surface area contributed by atoms with E-state index in [-0.39, 0.29) is 5.41 Å². The minimum Gasteiger partial charge on any atom is -0.432 e. The zero-order valence-corrected chi connectivity index (χ0v) is 15.8. The molecule has 0 aromatic heterocycles. The van der Waals surface area contributed by atoms with Crippen LogP contribution in [0.25, 0.3) is 0 Å². The Morgan fingerprint density at radius 2 is 1.83 bits per heavy atom. The minimum absolute atomic E-state index is 0.0550. The molecule has 2 nitrogen and oxygen atoms in total. The van der Waals surface area contributed by atoms with Gasteiger partial charge in [-0.1, -0.05) is 44.5 Å². The van der Waals surface area contributed by atoms with E-state index in [1.54, 1.807) is 0 Å². The van der Waals surface area contributed by atoms with Crippen LogP contribution in [-0.4, -0.2) is 12.2 Å². The number of halogens is 1. The van der Waals surface area contributed by atoms with E-state index < -0.39 is 0 Å². The highest BCUT2D eigenvalue weighted by Gasteiger charge is 2.19. The van der Waals surface area contributed by atoms with E-state index in [4.69, 9.17) is 28.6 Å². The SMILES string of the molecule is Cc1cccc(N(C)C(=S)Oc2ccc(Cl)c(C(C)(C)C)c2)c1. The molecule has 0 bridgehead atoms. The summed E-state index contributed by atoms with van der Waals surface area (Å²) in [5.41, 5.74) is 3.16. The maximum absolute atomic E-state index is 6.29. The minimum atomic E-state index is -0.0550. The van der Waals surface area contributed by atoms with Crippen LogP contribution in [-0.2, 0) is 5.41 Å². The van der Waals surface area contributed by atoms with Crippen LogP contribution in [0.4, 0.5) is 5.69 Å². The van der Waals surface area contributed by atoms with E-state index in [9.17, 15) is 0 Å². The lowest BCUT2D eigenvalue weighted by molar-refractivity contribution is 0.541. The summed E-state index contributed by atoms with van der Waals surface area (Å²) >= 11 is 11.7. The van der Waals surface area contributed by atoms with Crippen LogP contribution in [0.2, 0.25) is 5.02 Å². The van der Waals surface area contributed by atoms with Crippen molar-refractivity contribution in [1.82, 2.24) is 0 Å². The van der Waals surface area contributed by atoms with Gasteiger partial charge in [-0.15, -0.1) is 0 Å². The van der Waals surface area contributed by atoms with Crippen LogP contribution in [0.1, 0.15) is 31.9 Å². The molecule has 23 heavy (non-hydrogen) atoms. The molecular weight excluding hydrogens is 326 g/mol. The summed E-state index contributed by atoms with van der Waals surface area (Å²) in [4.78, 5) is 1.85. The van der Waals surface area contributed by atoms with Gasteiger partial charge in [0, 0.05) is 17.8 Å². The lowest BCUT2D eigenvalue weighted by Gasteiger charge is -2.23. The molecular formula is C19H22ClNOS. The van der Waals surface area contributed by atoms with Gasteiger partial charge >= 0.3 is 0 Å². The van der Waals surface area contributed by atoms with Gasteiger partial charge < -0.3 is 9.64 Å². The van der Waals surface area contributed by atoms with Crippen molar-refractivity contribution >= 4 is 34.7 Å². The fourth-order valence-electron chi connectivity index (χ4n) is 2.25. The van der Waals surface area contributed by atoms with Crippen molar-refractivity contribution in [1.29, 1.82) is 0 Å². The number of anilines is 1. The monoisotopic (exact) mass is 347 g/mol. The molecule has 0 fully saturated rings. The summed E-state index contributed by atoms with van der Waals surface area (Å²) in [6, 6.07) is 13.8. The summed E-state index contributed by atoms with van der Waals surface area (Å²) < 4.78 is 5.86. The number of ether oxygens (including phenoxy) is 1. The van der Waals surface area contributed by atoms with Gasteiger partial charge in [0.15, 0.2) is 0 Å². The third-order valence-electron chi connectivity index (χ3n) is 3.61. The van der Waals surface area contributed by atoms with E-state index in [2.05, 4.69) is 39.8 Å². The second-order valence-electron chi connectivity index (χ2n) is 6.66. The topological polar surface area (TPSA) is 12.5 Å². The summed E-state index contributed by atoms with van der Waals surface area (Å²) in [5.74, 6) is 0.698. The largest absolute Gasteiger partial charge is 0.432 e. The first-order valence-corrected chi connectivity index (χ1v) is 8.29. The van der Waals surface area contributed by atoms with Crippen molar-refractivity contribution in [2.45, 2.75) is 33.1 Å². The summed E-state index contributed by atoms with van der Waals surface area (Å²) in [5, 5.41) is 1.14. The summed E-state index contributed by atoms with van der Waals surface area (Å²) in [7, 11) is 1.90. The van der Waals surface area contributed by atoms with Gasteiger partial charge in [-0.3, -0.25) is 0 Å². The molecule has 2 aromatic rings. The Hall–Kier alpha value is -1.58. The van der Waals surface area contributed by atoms with Crippen LogP contribution >= 0.6 is 23.8 Å². The van der Waals surface area contributed by atoms with Crippen molar-refractivity contribution < 1.29 is 4.74 Å². The van der Waals surface area contributed by atoms with Crippen LogP contribution in [0, 0.1) is 6.92 Å². The molecule has 0 amide bonds. The molecule has 2 rings (SSSR count). The number of benzene rings is 2. The Kier molecular flexibility index (Phi) is 5.33. The molecule has 2 aromatic carbocycles. The van der Waals surface area contributed by atoms with Crippen molar-refractivity contribution in [3.63, 3.8) is 0 Å². The average molecular weight is 348 g/mol. The van der Waals surface area contributed by atoms with Crippen molar-refractivity contribution in [3.8, 4) is 5.75 Å². The first kappa shape index (κ1) is 17.8. The van der Waals surface area contributed by atoms with Gasteiger partial charge in [-0.05, 0) is 66.0 Å². The molecule has 0 atom stereocenters. The number of aryl methyl sites for hydroxylation is 1. The molecule has 0 aliphatic carbocycles. The van der Waals surface area contributed by atoms with E-state index in [0.717, 1.165) is 16.3 Å². The summed E-state index contributed by atoms with van der Waals surface area (Å²) in [6.45, 7) is 8.41. The molecule has 0 aliphatic rings. The average Bonchev–Trinajstić information content (AvgIpc) is 2.47. The number of hydrogen-bond donors (Lipinski definition) is 0. The molecule has 122 valence electrons. The lowest BCUT2D eigenvalue weighted by atomic mass is 9.87. The van der Waals surface area contributed by atoms with Crippen LogP contribution < -0.4 is 9.64 Å². The number of rotatable bonds is 2. The highest BCUT2D eigenvalue weighted by Crippen LogP contribution is 2.32. The van der Waals surface area contributed by atoms with Gasteiger partial charge in [0.1, 0.15) is 5.75 Å². The van der Waals surface area contributed by atoms with E-state index in [0.29, 0.717) is 10.9 Å². The third kappa shape index (κ3) is 4.46. The van der Waals surface area contributed by atoms with E-state index >= 15 is 0 Å². The molecule has 0 saturated carbocycles. The smallest absolute Gasteiger partial charge is 0.269 e. The highest BCUT2D eigenvalue weighted by molar-refractivity contribution is 7.80.